The van der Waals surface area contributed by atoms with Gasteiger partial charge in [-0.3, -0.25) is 4.90 Å². The maximum absolute atomic E-state index is 5.75. The van der Waals surface area contributed by atoms with Crippen LogP contribution in [-0.4, -0.2) is 43.7 Å². The smallest absolute Gasteiger partial charge is 0.0397 e. The Labute approximate surface area is 124 Å². The molecule has 0 bridgehead atoms. The third-order valence-electron chi connectivity index (χ3n) is 4.19. The number of halogens is 1. The fourth-order valence-corrected chi connectivity index (χ4v) is 3.40. The van der Waals surface area contributed by atoms with E-state index in [9.17, 15) is 0 Å². The molecule has 2 N–H and O–H groups in total. The standard InChI is InChI=1S/C15H24BrN3/c1-11-8-13(16)4-5-15(11)19-9-12(2)18(3)14(10-19)6-7-17/h4-5,8,12,14H,6-7,9-10,17H2,1-3H3. The molecule has 3 nitrogen and oxygen atoms in total. The van der Waals surface area contributed by atoms with E-state index < -0.39 is 0 Å². The Hall–Kier alpha value is -0.580. The summed E-state index contributed by atoms with van der Waals surface area (Å²) in [5.41, 5.74) is 8.43. The summed E-state index contributed by atoms with van der Waals surface area (Å²) in [7, 11) is 2.22. The number of nitrogens with zero attached hydrogens (tertiary/aromatic N) is 2. The topological polar surface area (TPSA) is 32.5 Å². The molecule has 0 aromatic heterocycles. The van der Waals surface area contributed by atoms with E-state index in [0.717, 1.165) is 30.5 Å². The van der Waals surface area contributed by atoms with Crippen LogP contribution in [0.15, 0.2) is 22.7 Å². The summed E-state index contributed by atoms with van der Waals surface area (Å²) in [6.07, 6.45) is 1.06. The fraction of sp³-hybridized carbons (Fsp3) is 0.600. The maximum Gasteiger partial charge on any atom is 0.0397 e. The predicted octanol–water partition coefficient (Wildman–Crippen LogP) is 2.62. The van der Waals surface area contributed by atoms with Crippen molar-refractivity contribution in [2.45, 2.75) is 32.4 Å². The molecule has 0 radical (unpaired) electrons. The molecular formula is C15H24BrN3. The molecule has 19 heavy (non-hydrogen) atoms. The maximum atomic E-state index is 5.75. The van der Waals surface area contributed by atoms with E-state index in [0.29, 0.717) is 12.1 Å². The van der Waals surface area contributed by atoms with Gasteiger partial charge in [0.15, 0.2) is 0 Å². The highest BCUT2D eigenvalue weighted by Crippen LogP contribution is 2.27. The van der Waals surface area contributed by atoms with Gasteiger partial charge in [-0.2, -0.15) is 0 Å². The molecule has 0 aliphatic carbocycles. The highest BCUT2D eigenvalue weighted by Gasteiger charge is 2.29. The van der Waals surface area contributed by atoms with Crippen molar-refractivity contribution in [3.05, 3.63) is 28.2 Å². The Morgan fingerprint density at radius 2 is 2.11 bits per heavy atom. The third-order valence-corrected chi connectivity index (χ3v) is 4.68. The van der Waals surface area contributed by atoms with Crippen LogP contribution in [-0.2, 0) is 0 Å². The number of piperazine rings is 1. The summed E-state index contributed by atoms with van der Waals surface area (Å²) in [4.78, 5) is 4.98. The first-order valence-electron chi connectivity index (χ1n) is 6.96. The summed E-state index contributed by atoms with van der Waals surface area (Å²) < 4.78 is 1.15. The largest absolute Gasteiger partial charge is 0.368 e. The highest BCUT2D eigenvalue weighted by atomic mass is 79.9. The summed E-state index contributed by atoms with van der Waals surface area (Å²) in [6, 6.07) is 7.65. The van der Waals surface area contributed by atoms with Crippen LogP contribution in [0.5, 0.6) is 0 Å². The lowest BCUT2D eigenvalue weighted by molar-refractivity contribution is 0.152. The summed E-state index contributed by atoms with van der Waals surface area (Å²) in [5.74, 6) is 0. The number of nitrogens with two attached hydrogens (primary N) is 1. The number of hydrogen-bond acceptors (Lipinski definition) is 3. The van der Waals surface area contributed by atoms with E-state index in [-0.39, 0.29) is 0 Å². The number of anilines is 1. The molecule has 0 spiro atoms. The minimum absolute atomic E-state index is 0.553. The average Bonchev–Trinajstić information content (AvgIpc) is 2.35. The molecule has 1 heterocycles. The van der Waals surface area contributed by atoms with Crippen molar-refractivity contribution < 1.29 is 0 Å². The van der Waals surface area contributed by atoms with Gasteiger partial charge in [0.05, 0.1) is 0 Å². The van der Waals surface area contributed by atoms with Crippen molar-refractivity contribution in [1.82, 2.24) is 4.90 Å². The normalized spacial score (nSPS) is 24.8. The zero-order valence-corrected chi connectivity index (χ0v) is 13.7. The Morgan fingerprint density at radius 3 is 2.74 bits per heavy atom. The van der Waals surface area contributed by atoms with Gasteiger partial charge in [-0.25, -0.2) is 0 Å². The molecule has 1 fully saturated rings. The Bertz CT molecular complexity index is 435. The number of benzene rings is 1. The highest BCUT2D eigenvalue weighted by molar-refractivity contribution is 9.10. The number of hydrogen-bond donors (Lipinski definition) is 1. The molecule has 0 saturated carbocycles. The minimum Gasteiger partial charge on any atom is -0.368 e. The zero-order chi connectivity index (χ0) is 14.0. The third kappa shape index (κ3) is 3.30. The fourth-order valence-electron chi connectivity index (χ4n) is 2.92. The second-order valence-electron chi connectivity index (χ2n) is 5.58. The lowest BCUT2D eigenvalue weighted by Gasteiger charge is -2.45. The molecule has 1 aromatic carbocycles. The first kappa shape index (κ1) is 14.8. The van der Waals surface area contributed by atoms with Gasteiger partial charge in [-0.05, 0) is 57.6 Å². The van der Waals surface area contributed by atoms with Gasteiger partial charge >= 0.3 is 0 Å². The van der Waals surface area contributed by atoms with Gasteiger partial charge in [0.25, 0.3) is 0 Å². The molecule has 1 aromatic rings. The molecule has 2 atom stereocenters. The van der Waals surface area contributed by atoms with E-state index in [1.165, 1.54) is 11.3 Å². The van der Waals surface area contributed by atoms with Crippen LogP contribution in [0.3, 0.4) is 0 Å². The van der Waals surface area contributed by atoms with Crippen LogP contribution in [0.4, 0.5) is 5.69 Å². The van der Waals surface area contributed by atoms with Crippen molar-refractivity contribution >= 4 is 21.6 Å². The molecule has 1 saturated heterocycles. The van der Waals surface area contributed by atoms with Crippen LogP contribution in [0.1, 0.15) is 18.9 Å². The predicted molar refractivity (Wildman–Crippen MR) is 85.8 cm³/mol. The lowest BCUT2D eigenvalue weighted by atomic mass is 10.0. The summed E-state index contributed by atoms with van der Waals surface area (Å²) >= 11 is 3.54. The van der Waals surface area contributed by atoms with Crippen LogP contribution in [0.2, 0.25) is 0 Å². The number of aryl methyl sites for hydroxylation is 1. The molecule has 1 aliphatic rings. The van der Waals surface area contributed by atoms with E-state index in [1.54, 1.807) is 0 Å². The SMILES string of the molecule is Cc1cc(Br)ccc1N1CC(C)N(C)C(CCN)C1. The van der Waals surface area contributed by atoms with E-state index in [1.807, 2.05) is 0 Å². The average molecular weight is 326 g/mol. The molecule has 2 unspecified atom stereocenters. The van der Waals surface area contributed by atoms with E-state index >= 15 is 0 Å². The molecular weight excluding hydrogens is 302 g/mol. The van der Waals surface area contributed by atoms with Crippen LogP contribution in [0, 0.1) is 6.92 Å². The Kier molecular flexibility index (Phi) is 4.87. The van der Waals surface area contributed by atoms with Gasteiger partial charge in [0.2, 0.25) is 0 Å². The quantitative estimate of drug-likeness (QED) is 0.927. The Balaban J connectivity index is 2.20. The van der Waals surface area contributed by atoms with E-state index in [2.05, 4.69) is 64.8 Å². The summed E-state index contributed by atoms with van der Waals surface area (Å²) in [5, 5.41) is 0. The molecule has 0 amide bonds. The molecule has 106 valence electrons. The van der Waals surface area contributed by atoms with Gasteiger partial charge in [0.1, 0.15) is 0 Å². The number of likely N-dealkylation sites (N-methyl/N-ethyl adjacent to an activating group) is 1. The second-order valence-corrected chi connectivity index (χ2v) is 6.50. The number of rotatable bonds is 3. The van der Waals surface area contributed by atoms with Gasteiger partial charge in [0, 0.05) is 35.3 Å². The van der Waals surface area contributed by atoms with Crippen LogP contribution >= 0.6 is 15.9 Å². The van der Waals surface area contributed by atoms with Gasteiger partial charge in [-0.1, -0.05) is 15.9 Å². The van der Waals surface area contributed by atoms with Crippen molar-refractivity contribution in [2.24, 2.45) is 5.73 Å². The van der Waals surface area contributed by atoms with Crippen LogP contribution < -0.4 is 10.6 Å². The first-order chi connectivity index (χ1) is 9.02. The molecule has 2 rings (SSSR count). The summed E-state index contributed by atoms with van der Waals surface area (Å²) in [6.45, 7) is 7.39. The van der Waals surface area contributed by atoms with Crippen molar-refractivity contribution in [2.75, 3.05) is 31.6 Å². The molecule has 4 heteroatoms. The van der Waals surface area contributed by atoms with Crippen molar-refractivity contribution in [1.29, 1.82) is 0 Å². The first-order valence-corrected chi connectivity index (χ1v) is 7.75. The van der Waals surface area contributed by atoms with Crippen molar-refractivity contribution in [3.8, 4) is 0 Å². The van der Waals surface area contributed by atoms with Gasteiger partial charge in [-0.15, -0.1) is 0 Å². The van der Waals surface area contributed by atoms with Crippen LogP contribution in [0.25, 0.3) is 0 Å². The monoisotopic (exact) mass is 325 g/mol. The molecule has 1 aliphatic heterocycles. The lowest BCUT2D eigenvalue weighted by Crippen LogP contribution is -2.56. The zero-order valence-electron chi connectivity index (χ0n) is 12.1. The second kappa shape index (κ2) is 6.25. The van der Waals surface area contributed by atoms with Gasteiger partial charge < -0.3 is 10.6 Å². The Morgan fingerprint density at radius 1 is 1.37 bits per heavy atom. The minimum atomic E-state index is 0.553. The van der Waals surface area contributed by atoms with E-state index in [4.69, 9.17) is 5.73 Å². The van der Waals surface area contributed by atoms with Crippen molar-refractivity contribution in [3.63, 3.8) is 0 Å².